The lowest BCUT2D eigenvalue weighted by molar-refractivity contribution is -0.138. The van der Waals surface area contributed by atoms with Gasteiger partial charge in [0.1, 0.15) is 24.8 Å². The van der Waals surface area contributed by atoms with Gasteiger partial charge in [-0.3, -0.25) is 14.2 Å². The third kappa shape index (κ3) is 9.12. The van der Waals surface area contributed by atoms with Gasteiger partial charge in [0.05, 0.1) is 16.7 Å². The van der Waals surface area contributed by atoms with Crippen molar-refractivity contribution in [3.05, 3.63) is 70.3 Å². The van der Waals surface area contributed by atoms with Gasteiger partial charge in [-0.2, -0.15) is 0 Å². The highest BCUT2D eigenvalue weighted by molar-refractivity contribution is 5.91. The molecule has 250 valence electrons. The molecule has 1 atom stereocenters. The zero-order valence-electron chi connectivity index (χ0n) is 26.3. The summed E-state index contributed by atoms with van der Waals surface area (Å²) in [5.74, 6) is -1.89. The number of amides is 2. The largest absolute Gasteiger partial charge is 0.493 e. The van der Waals surface area contributed by atoms with Crippen LogP contribution in [0.1, 0.15) is 45.4 Å². The summed E-state index contributed by atoms with van der Waals surface area (Å²) in [4.78, 5) is 67.9. The molecule has 0 spiro atoms. The maximum atomic E-state index is 12.9. The lowest BCUT2D eigenvalue weighted by atomic mass is 10.2. The van der Waals surface area contributed by atoms with Gasteiger partial charge in [0.15, 0.2) is 0 Å². The van der Waals surface area contributed by atoms with Crippen LogP contribution in [-0.2, 0) is 38.6 Å². The number of carboxylic acid groups (broad SMARTS) is 1. The SMILES string of the molecule is C[C@H](NC(=O)OCc1cccc(NC(=O)Cn2c(O)c(CCCNc3nc4ccccc4n3C(=O)OC(C)(C)C)[nH]c2=O)c1)C(=O)O. The number of rotatable bonds is 12. The maximum absolute atomic E-state index is 12.9. The standard InChI is InChI=1S/C31H37N7O9/c1-18(26(41)42)33-29(44)46-17-19-9-7-10-20(15-19)34-24(39)16-37-25(40)22(36-28(37)43)12-8-14-32-27-35-21-11-5-6-13-23(21)38(27)30(45)47-31(2,3)4/h5-7,9-11,13,15,18,40H,8,12,14,16-17H2,1-4H3,(H,32,35)(H,33,44)(H,34,39)(H,36,43)(H,41,42)/t18-/m0/s1. The van der Waals surface area contributed by atoms with Gasteiger partial charge < -0.3 is 40.6 Å². The molecule has 0 unspecified atom stereocenters. The number of hydrogen-bond donors (Lipinski definition) is 6. The fourth-order valence-electron chi connectivity index (χ4n) is 4.45. The molecular weight excluding hydrogens is 614 g/mol. The number of carboxylic acids is 1. The summed E-state index contributed by atoms with van der Waals surface area (Å²) in [6.07, 6.45) is -0.819. The molecule has 0 aliphatic heterocycles. The highest BCUT2D eigenvalue weighted by Gasteiger charge is 2.23. The zero-order chi connectivity index (χ0) is 34.3. The number of H-pyrrole nitrogens is 1. The molecule has 0 fully saturated rings. The van der Waals surface area contributed by atoms with Crippen molar-refractivity contribution in [1.82, 2.24) is 24.4 Å². The molecule has 4 aromatic rings. The highest BCUT2D eigenvalue weighted by atomic mass is 16.6. The van der Waals surface area contributed by atoms with Crippen molar-refractivity contribution in [2.24, 2.45) is 0 Å². The number of aromatic hydroxyl groups is 1. The van der Waals surface area contributed by atoms with E-state index in [0.29, 0.717) is 41.2 Å². The minimum Gasteiger partial charge on any atom is -0.493 e. The van der Waals surface area contributed by atoms with E-state index in [1.165, 1.54) is 11.5 Å². The Hall–Kier alpha value is -5.80. The summed E-state index contributed by atoms with van der Waals surface area (Å²) < 4.78 is 12.8. The molecule has 16 nitrogen and oxygen atoms in total. The van der Waals surface area contributed by atoms with Crippen LogP contribution in [0.2, 0.25) is 0 Å². The third-order valence-electron chi connectivity index (χ3n) is 6.64. The summed E-state index contributed by atoms with van der Waals surface area (Å²) in [7, 11) is 0. The van der Waals surface area contributed by atoms with Crippen LogP contribution in [-0.4, -0.2) is 71.6 Å². The molecule has 2 heterocycles. The van der Waals surface area contributed by atoms with Gasteiger partial charge >= 0.3 is 23.8 Å². The average molecular weight is 652 g/mol. The predicted octanol–water partition coefficient (Wildman–Crippen LogP) is 3.40. The van der Waals surface area contributed by atoms with Gasteiger partial charge in [-0.1, -0.05) is 24.3 Å². The second-order valence-corrected chi connectivity index (χ2v) is 11.6. The van der Waals surface area contributed by atoms with Crippen LogP contribution in [0.3, 0.4) is 0 Å². The monoisotopic (exact) mass is 651 g/mol. The third-order valence-corrected chi connectivity index (χ3v) is 6.64. The van der Waals surface area contributed by atoms with Gasteiger partial charge in [0, 0.05) is 12.2 Å². The Kier molecular flexibility index (Phi) is 10.5. The number of imidazole rings is 2. The Labute approximate surface area is 268 Å². The predicted molar refractivity (Wildman–Crippen MR) is 170 cm³/mol. The van der Waals surface area contributed by atoms with Crippen molar-refractivity contribution in [3.8, 4) is 5.88 Å². The zero-order valence-corrected chi connectivity index (χ0v) is 26.3. The number of alkyl carbamates (subject to hydrolysis) is 1. The van der Waals surface area contributed by atoms with Crippen LogP contribution in [0, 0.1) is 0 Å². The first-order valence-electron chi connectivity index (χ1n) is 14.7. The van der Waals surface area contributed by atoms with Gasteiger partial charge in [-0.15, -0.1) is 0 Å². The molecular formula is C31H37N7O9. The molecule has 0 saturated carbocycles. The highest BCUT2D eigenvalue weighted by Crippen LogP contribution is 2.22. The number of para-hydroxylation sites is 2. The van der Waals surface area contributed by atoms with E-state index in [-0.39, 0.29) is 24.6 Å². The maximum Gasteiger partial charge on any atom is 0.421 e. The molecule has 2 aromatic carbocycles. The molecule has 2 amide bonds. The Balaban J connectivity index is 1.32. The Bertz CT molecular complexity index is 1830. The molecule has 4 rings (SSSR count). The summed E-state index contributed by atoms with van der Waals surface area (Å²) in [5, 5.41) is 27.5. The minimum absolute atomic E-state index is 0.183. The molecule has 16 heteroatoms. The van der Waals surface area contributed by atoms with E-state index in [1.807, 2.05) is 6.07 Å². The van der Waals surface area contributed by atoms with Gasteiger partial charge in [-0.25, -0.2) is 23.9 Å². The number of aromatic amines is 1. The van der Waals surface area contributed by atoms with Crippen LogP contribution in [0.15, 0.2) is 53.3 Å². The van der Waals surface area contributed by atoms with Crippen molar-refractivity contribution in [2.75, 3.05) is 17.2 Å². The molecule has 0 aliphatic rings. The Morgan fingerprint density at radius 3 is 2.55 bits per heavy atom. The first kappa shape index (κ1) is 34.1. The van der Waals surface area contributed by atoms with Crippen LogP contribution >= 0.6 is 0 Å². The number of benzene rings is 2. The number of carbonyl (C=O) groups is 4. The van der Waals surface area contributed by atoms with E-state index < -0.39 is 47.9 Å². The molecule has 0 bridgehead atoms. The van der Waals surface area contributed by atoms with Crippen molar-refractivity contribution in [2.45, 2.75) is 65.3 Å². The second kappa shape index (κ2) is 14.5. The first-order chi connectivity index (χ1) is 22.2. The summed E-state index contributed by atoms with van der Waals surface area (Å²) in [6.45, 7) is 6.28. The van der Waals surface area contributed by atoms with E-state index in [9.17, 15) is 29.1 Å². The number of aliphatic carboxylic acids is 1. The number of ether oxygens (including phenoxy) is 2. The van der Waals surface area contributed by atoms with E-state index in [1.54, 1.807) is 63.2 Å². The van der Waals surface area contributed by atoms with Crippen molar-refractivity contribution < 1.29 is 38.9 Å². The molecule has 6 N–H and O–H groups in total. The fourth-order valence-corrected chi connectivity index (χ4v) is 4.45. The van der Waals surface area contributed by atoms with Gasteiger partial charge in [0.25, 0.3) is 0 Å². The first-order valence-corrected chi connectivity index (χ1v) is 14.7. The van der Waals surface area contributed by atoms with Crippen molar-refractivity contribution in [1.29, 1.82) is 0 Å². The number of fused-ring (bicyclic) bond motifs is 1. The minimum atomic E-state index is -1.21. The van der Waals surface area contributed by atoms with Crippen molar-refractivity contribution >= 4 is 46.7 Å². The van der Waals surface area contributed by atoms with Crippen LogP contribution in [0.25, 0.3) is 11.0 Å². The lowest BCUT2D eigenvalue weighted by Gasteiger charge is -2.20. The fraction of sp³-hybridized carbons (Fsp3) is 0.355. The summed E-state index contributed by atoms with van der Waals surface area (Å²) in [5.41, 5.74) is 0.902. The van der Waals surface area contributed by atoms with E-state index in [2.05, 4.69) is 25.9 Å². The lowest BCUT2D eigenvalue weighted by Crippen LogP contribution is -2.38. The van der Waals surface area contributed by atoms with E-state index in [0.717, 1.165) is 4.57 Å². The number of hydrogen-bond acceptors (Lipinski definition) is 10. The number of aryl methyl sites for hydroxylation is 1. The van der Waals surface area contributed by atoms with Gasteiger partial charge in [0.2, 0.25) is 17.7 Å². The molecule has 0 radical (unpaired) electrons. The molecule has 2 aromatic heterocycles. The van der Waals surface area contributed by atoms with Crippen LogP contribution < -0.4 is 21.6 Å². The van der Waals surface area contributed by atoms with E-state index in [4.69, 9.17) is 14.6 Å². The smallest absolute Gasteiger partial charge is 0.421 e. The average Bonchev–Trinajstić information content (AvgIpc) is 3.49. The Morgan fingerprint density at radius 2 is 1.83 bits per heavy atom. The summed E-state index contributed by atoms with van der Waals surface area (Å²) in [6, 6.07) is 12.4. The Morgan fingerprint density at radius 1 is 1.09 bits per heavy atom. The molecule has 47 heavy (non-hydrogen) atoms. The number of nitrogens with zero attached hydrogens (tertiary/aromatic N) is 3. The van der Waals surface area contributed by atoms with Gasteiger partial charge in [-0.05, 0) is 70.4 Å². The normalized spacial score (nSPS) is 11.9. The molecule has 0 aliphatic carbocycles. The number of carbonyl (C=O) groups excluding carboxylic acids is 3. The molecule has 0 saturated heterocycles. The van der Waals surface area contributed by atoms with E-state index >= 15 is 0 Å². The number of nitrogens with one attached hydrogen (secondary N) is 4. The summed E-state index contributed by atoms with van der Waals surface area (Å²) >= 11 is 0. The van der Waals surface area contributed by atoms with Crippen LogP contribution in [0.5, 0.6) is 5.88 Å². The van der Waals surface area contributed by atoms with Crippen LogP contribution in [0.4, 0.5) is 21.2 Å². The number of aromatic nitrogens is 4. The number of anilines is 2. The quantitative estimate of drug-likeness (QED) is 0.122. The van der Waals surface area contributed by atoms with Crippen molar-refractivity contribution in [3.63, 3.8) is 0 Å². The second-order valence-electron chi connectivity index (χ2n) is 11.6. The topological polar surface area (TPSA) is 219 Å².